The Kier molecular flexibility index (Phi) is 5.36. The summed E-state index contributed by atoms with van der Waals surface area (Å²) >= 11 is 0. The van der Waals surface area contributed by atoms with Crippen molar-refractivity contribution < 1.29 is 9.90 Å². The lowest BCUT2D eigenvalue weighted by Crippen LogP contribution is -2.35. The Balaban J connectivity index is 2.20. The molecule has 0 aliphatic carbocycles. The molecule has 0 heterocycles. The molecule has 0 radical (unpaired) electrons. The normalized spacial score (nSPS) is 11.9. The molecule has 1 atom stereocenters. The second-order valence-corrected chi connectivity index (χ2v) is 3.59. The first-order valence-corrected chi connectivity index (χ1v) is 5.46. The molecule has 0 spiro atoms. The van der Waals surface area contributed by atoms with Crippen LogP contribution in [0.3, 0.4) is 0 Å². The van der Waals surface area contributed by atoms with Gasteiger partial charge in [0.25, 0.3) is 0 Å². The summed E-state index contributed by atoms with van der Waals surface area (Å²) in [5.41, 5.74) is 0.911. The minimum Gasteiger partial charge on any atom is -0.391 e. The summed E-state index contributed by atoms with van der Waals surface area (Å²) in [6.45, 7) is 2.41. The molecule has 3 N–H and O–H groups in total. The molecule has 0 aliphatic rings. The minimum absolute atomic E-state index is 0.114. The van der Waals surface area contributed by atoms with E-state index in [1.807, 2.05) is 37.3 Å². The highest BCUT2D eigenvalue weighted by atomic mass is 16.3. The van der Waals surface area contributed by atoms with Gasteiger partial charge in [0, 0.05) is 12.2 Å². The van der Waals surface area contributed by atoms with Crippen LogP contribution in [0.5, 0.6) is 0 Å². The van der Waals surface area contributed by atoms with Gasteiger partial charge in [0.15, 0.2) is 0 Å². The number of nitrogens with one attached hydrogen (secondary N) is 2. The molecular weight excluding hydrogens is 204 g/mol. The predicted octanol–water partition coefficient (Wildman–Crippen LogP) is 0.986. The molecule has 1 amide bonds. The van der Waals surface area contributed by atoms with Gasteiger partial charge in [-0.3, -0.25) is 4.79 Å². The van der Waals surface area contributed by atoms with Crippen molar-refractivity contribution >= 4 is 11.6 Å². The Hall–Kier alpha value is -1.55. The van der Waals surface area contributed by atoms with Crippen LogP contribution in [-0.2, 0) is 4.79 Å². The summed E-state index contributed by atoms with van der Waals surface area (Å²) in [6.07, 6.45) is 0.188. The van der Waals surface area contributed by atoms with Gasteiger partial charge in [-0.05, 0) is 18.6 Å². The fourth-order valence-electron chi connectivity index (χ4n) is 1.18. The van der Waals surface area contributed by atoms with Gasteiger partial charge in [-0.15, -0.1) is 0 Å². The molecule has 16 heavy (non-hydrogen) atoms. The van der Waals surface area contributed by atoms with Crippen LogP contribution in [0.25, 0.3) is 0 Å². The molecule has 88 valence electrons. The molecule has 4 nitrogen and oxygen atoms in total. The maximum atomic E-state index is 11.4. The third kappa shape index (κ3) is 4.79. The Bertz CT molecular complexity index is 314. The summed E-state index contributed by atoms with van der Waals surface area (Å²) in [4.78, 5) is 11.4. The standard InChI is InChI=1S/C12H18N2O2/c1-2-11(15)8-14-12(16)9-13-10-6-4-3-5-7-10/h3-7,11,13,15H,2,8-9H2,1H3,(H,14,16). The van der Waals surface area contributed by atoms with Gasteiger partial charge >= 0.3 is 0 Å². The van der Waals surface area contributed by atoms with Crippen LogP contribution in [0.1, 0.15) is 13.3 Å². The van der Waals surface area contributed by atoms with E-state index < -0.39 is 6.10 Å². The third-order valence-corrected chi connectivity index (χ3v) is 2.23. The Labute approximate surface area is 95.7 Å². The average molecular weight is 222 g/mol. The number of para-hydroxylation sites is 1. The second-order valence-electron chi connectivity index (χ2n) is 3.59. The van der Waals surface area contributed by atoms with Crippen LogP contribution in [0.2, 0.25) is 0 Å². The smallest absolute Gasteiger partial charge is 0.239 e. The highest BCUT2D eigenvalue weighted by molar-refractivity contribution is 5.80. The third-order valence-electron chi connectivity index (χ3n) is 2.23. The van der Waals surface area contributed by atoms with Crippen LogP contribution in [0.15, 0.2) is 30.3 Å². The van der Waals surface area contributed by atoms with Crippen molar-refractivity contribution in [1.82, 2.24) is 5.32 Å². The van der Waals surface area contributed by atoms with Crippen molar-refractivity contribution in [2.24, 2.45) is 0 Å². The number of rotatable bonds is 6. The first kappa shape index (κ1) is 12.5. The van der Waals surface area contributed by atoms with Gasteiger partial charge in [0.2, 0.25) is 5.91 Å². The van der Waals surface area contributed by atoms with Gasteiger partial charge in [0.1, 0.15) is 0 Å². The number of amides is 1. The van der Waals surface area contributed by atoms with Crippen molar-refractivity contribution in [3.63, 3.8) is 0 Å². The zero-order chi connectivity index (χ0) is 11.8. The quantitative estimate of drug-likeness (QED) is 0.672. The number of aliphatic hydroxyl groups is 1. The zero-order valence-electron chi connectivity index (χ0n) is 9.44. The van der Waals surface area contributed by atoms with Gasteiger partial charge in [0.05, 0.1) is 12.6 Å². The maximum Gasteiger partial charge on any atom is 0.239 e. The fourth-order valence-corrected chi connectivity index (χ4v) is 1.18. The van der Waals surface area contributed by atoms with Crippen LogP contribution >= 0.6 is 0 Å². The number of carbonyl (C=O) groups is 1. The van der Waals surface area contributed by atoms with E-state index in [1.165, 1.54) is 0 Å². The Morgan fingerprint density at radius 1 is 1.38 bits per heavy atom. The van der Waals surface area contributed by atoms with E-state index in [1.54, 1.807) is 0 Å². The lowest BCUT2D eigenvalue weighted by Gasteiger charge is -2.10. The summed E-state index contributed by atoms with van der Waals surface area (Å²) in [5, 5.41) is 14.9. The molecule has 1 unspecified atom stereocenters. The Morgan fingerprint density at radius 3 is 2.69 bits per heavy atom. The number of benzene rings is 1. The van der Waals surface area contributed by atoms with Crippen molar-refractivity contribution in [2.45, 2.75) is 19.4 Å². The molecule has 4 heteroatoms. The molecule has 1 aromatic rings. The molecule has 0 saturated heterocycles. The average Bonchev–Trinajstić information content (AvgIpc) is 2.34. The first-order valence-electron chi connectivity index (χ1n) is 5.46. The first-order chi connectivity index (χ1) is 7.72. The molecule has 0 aromatic heterocycles. The number of aliphatic hydroxyl groups excluding tert-OH is 1. The molecule has 1 rings (SSSR count). The molecular formula is C12H18N2O2. The van der Waals surface area contributed by atoms with Crippen LogP contribution < -0.4 is 10.6 Å². The van der Waals surface area contributed by atoms with E-state index in [2.05, 4.69) is 10.6 Å². The lowest BCUT2D eigenvalue weighted by molar-refractivity contribution is -0.119. The largest absolute Gasteiger partial charge is 0.391 e. The van der Waals surface area contributed by atoms with Crippen molar-refractivity contribution in [3.05, 3.63) is 30.3 Å². The van der Waals surface area contributed by atoms with Crippen LogP contribution in [0.4, 0.5) is 5.69 Å². The van der Waals surface area contributed by atoms with E-state index in [4.69, 9.17) is 0 Å². The zero-order valence-corrected chi connectivity index (χ0v) is 9.44. The summed E-state index contributed by atoms with van der Waals surface area (Å²) < 4.78 is 0. The van der Waals surface area contributed by atoms with Crippen molar-refractivity contribution in [1.29, 1.82) is 0 Å². The highest BCUT2D eigenvalue weighted by Gasteiger charge is 2.04. The van der Waals surface area contributed by atoms with Crippen molar-refractivity contribution in [3.8, 4) is 0 Å². The maximum absolute atomic E-state index is 11.4. The van der Waals surface area contributed by atoms with Crippen LogP contribution in [-0.4, -0.2) is 30.2 Å². The molecule has 0 fully saturated rings. The Morgan fingerprint density at radius 2 is 2.06 bits per heavy atom. The molecule has 0 saturated carbocycles. The topological polar surface area (TPSA) is 61.4 Å². The van der Waals surface area contributed by atoms with E-state index >= 15 is 0 Å². The van der Waals surface area contributed by atoms with Gasteiger partial charge in [-0.1, -0.05) is 25.1 Å². The lowest BCUT2D eigenvalue weighted by atomic mass is 10.3. The molecule has 1 aromatic carbocycles. The van der Waals surface area contributed by atoms with E-state index in [-0.39, 0.29) is 12.5 Å². The number of carbonyl (C=O) groups excluding carboxylic acids is 1. The van der Waals surface area contributed by atoms with Gasteiger partial charge < -0.3 is 15.7 Å². The number of hydrogen-bond acceptors (Lipinski definition) is 3. The second kappa shape index (κ2) is 6.85. The highest BCUT2D eigenvalue weighted by Crippen LogP contribution is 2.03. The van der Waals surface area contributed by atoms with Crippen molar-refractivity contribution in [2.75, 3.05) is 18.4 Å². The predicted molar refractivity (Wildman–Crippen MR) is 64.2 cm³/mol. The SMILES string of the molecule is CCC(O)CNC(=O)CNc1ccccc1. The van der Waals surface area contributed by atoms with E-state index in [0.29, 0.717) is 13.0 Å². The fraction of sp³-hybridized carbons (Fsp3) is 0.417. The summed E-state index contributed by atoms with van der Waals surface area (Å²) in [7, 11) is 0. The number of anilines is 1. The minimum atomic E-state index is -0.458. The molecule has 0 aliphatic heterocycles. The monoisotopic (exact) mass is 222 g/mol. The number of hydrogen-bond donors (Lipinski definition) is 3. The summed E-state index contributed by atoms with van der Waals surface area (Å²) in [6, 6.07) is 9.52. The van der Waals surface area contributed by atoms with Crippen LogP contribution in [0, 0.1) is 0 Å². The van der Waals surface area contributed by atoms with E-state index in [9.17, 15) is 9.90 Å². The molecule has 0 bridgehead atoms. The summed E-state index contributed by atoms with van der Waals surface area (Å²) in [5.74, 6) is -0.114. The van der Waals surface area contributed by atoms with Gasteiger partial charge in [-0.25, -0.2) is 0 Å². The van der Waals surface area contributed by atoms with Gasteiger partial charge in [-0.2, -0.15) is 0 Å². The van der Waals surface area contributed by atoms with E-state index in [0.717, 1.165) is 5.69 Å².